The summed E-state index contributed by atoms with van der Waals surface area (Å²) in [5.74, 6) is 0.179. The lowest BCUT2D eigenvalue weighted by molar-refractivity contribution is 0.105. The normalized spacial score (nSPS) is 11.5. The number of fused-ring (bicyclic) bond motifs is 1. The molecule has 4 aromatic rings. The Kier molecular flexibility index (Phi) is 5.30. The first-order valence-electron chi connectivity index (χ1n) is 9.19. The standard InChI is InChI=1S/C24H18FNO4/c1-28-21-12-11-16(14-22(21)29-2)23(27)17(13-15-7-3-4-8-18(15)25)24-26-19-9-5-6-10-20(19)30-24/h3-14H,1-2H3/b17-13-. The Morgan fingerprint density at radius 3 is 2.43 bits per heavy atom. The van der Waals surface area contributed by atoms with Crippen LogP contribution in [-0.2, 0) is 0 Å². The number of ketones is 1. The third-order valence-electron chi connectivity index (χ3n) is 4.62. The molecule has 150 valence electrons. The molecule has 0 fully saturated rings. The number of rotatable bonds is 6. The van der Waals surface area contributed by atoms with Gasteiger partial charge in [-0.15, -0.1) is 0 Å². The van der Waals surface area contributed by atoms with Gasteiger partial charge < -0.3 is 13.9 Å². The molecule has 0 saturated carbocycles. The van der Waals surface area contributed by atoms with Gasteiger partial charge in [0, 0.05) is 11.1 Å². The SMILES string of the molecule is COc1ccc(C(=O)/C(=C/c2ccccc2F)c2nc3ccccc3o2)cc1OC. The number of allylic oxidation sites excluding steroid dienone is 1. The minimum atomic E-state index is -0.453. The van der Waals surface area contributed by atoms with Gasteiger partial charge in [0.25, 0.3) is 0 Å². The van der Waals surface area contributed by atoms with E-state index in [1.54, 1.807) is 48.5 Å². The molecular weight excluding hydrogens is 385 g/mol. The van der Waals surface area contributed by atoms with Gasteiger partial charge in [-0.3, -0.25) is 4.79 Å². The molecule has 0 radical (unpaired) electrons. The van der Waals surface area contributed by atoms with Gasteiger partial charge in [-0.05, 0) is 42.5 Å². The van der Waals surface area contributed by atoms with Gasteiger partial charge in [-0.1, -0.05) is 30.3 Å². The number of carbonyl (C=O) groups excluding carboxylic acids is 1. The van der Waals surface area contributed by atoms with Gasteiger partial charge >= 0.3 is 0 Å². The first-order chi connectivity index (χ1) is 14.6. The van der Waals surface area contributed by atoms with Crippen LogP contribution in [0.15, 0.2) is 71.1 Å². The fourth-order valence-corrected chi connectivity index (χ4v) is 3.09. The molecule has 6 heteroatoms. The highest BCUT2D eigenvalue weighted by molar-refractivity contribution is 6.31. The number of Topliss-reactive ketones (excluding diaryl/α,β-unsaturated/α-hetero) is 1. The minimum absolute atomic E-state index is 0.110. The lowest BCUT2D eigenvalue weighted by atomic mass is 10.00. The van der Waals surface area contributed by atoms with E-state index in [-0.39, 0.29) is 22.8 Å². The number of benzene rings is 3. The van der Waals surface area contributed by atoms with Crippen LogP contribution in [0.5, 0.6) is 11.5 Å². The third-order valence-corrected chi connectivity index (χ3v) is 4.62. The van der Waals surface area contributed by atoms with Crippen LogP contribution in [0, 0.1) is 5.82 Å². The third kappa shape index (κ3) is 3.67. The summed E-state index contributed by atoms with van der Waals surface area (Å²) in [6, 6.07) is 18.2. The van der Waals surface area contributed by atoms with Crippen molar-refractivity contribution in [3.63, 3.8) is 0 Å². The number of halogens is 1. The molecule has 0 aliphatic carbocycles. The summed E-state index contributed by atoms with van der Waals surface area (Å²) < 4.78 is 30.7. The number of hydrogen-bond donors (Lipinski definition) is 0. The van der Waals surface area contributed by atoms with Gasteiger partial charge in [0.2, 0.25) is 5.89 Å². The second kappa shape index (κ2) is 8.21. The summed E-state index contributed by atoms with van der Waals surface area (Å²) in [7, 11) is 3.00. The molecule has 0 aliphatic heterocycles. The number of nitrogens with zero attached hydrogens (tertiary/aromatic N) is 1. The van der Waals surface area contributed by atoms with E-state index in [2.05, 4.69) is 4.98 Å². The average Bonchev–Trinajstić information content (AvgIpc) is 3.21. The van der Waals surface area contributed by atoms with Crippen molar-refractivity contribution in [3.8, 4) is 11.5 Å². The van der Waals surface area contributed by atoms with Crippen molar-refractivity contribution in [2.45, 2.75) is 0 Å². The zero-order chi connectivity index (χ0) is 21.1. The van der Waals surface area contributed by atoms with E-state index < -0.39 is 5.82 Å². The predicted octanol–water partition coefficient (Wildman–Crippen LogP) is 5.41. The van der Waals surface area contributed by atoms with Crippen LogP contribution in [0.1, 0.15) is 21.8 Å². The first-order valence-corrected chi connectivity index (χ1v) is 9.19. The predicted molar refractivity (Wildman–Crippen MR) is 112 cm³/mol. The summed E-state index contributed by atoms with van der Waals surface area (Å²) in [6.07, 6.45) is 1.44. The van der Waals surface area contributed by atoms with Gasteiger partial charge in [-0.25, -0.2) is 9.37 Å². The Balaban J connectivity index is 1.87. The molecule has 0 amide bonds. The number of oxazole rings is 1. The second-order valence-electron chi connectivity index (χ2n) is 6.47. The Bertz CT molecular complexity index is 1230. The van der Waals surface area contributed by atoms with Crippen LogP contribution >= 0.6 is 0 Å². The lowest BCUT2D eigenvalue weighted by Gasteiger charge is -2.10. The van der Waals surface area contributed by atoms with Gasteiger partial charge in [-0.2, -0.15) is 0 Å². The summed E-state index contributed by atoms with van der Waals surface area (Å²) in [6.45, 7) is 0. The first kappa shape index (κ1) is 19.4. The molecule has 0 aliphatic rings. The molecule has 0 saturated heterocycles. The lowest BCUT2D eigenvalue weighted by Crippen LogP contribution is -2.04. The second-order valence-corrected chi connectivity index (χ2v) is 6.47. The Morgan fingerprint density at radius 1 is 0.967 bits per heavy atom. The highest BCUT2D eigenvalue weighted by Crippen LogP contribution is 2.31. The van der Waals surface area contributed by atoms with Crippen molar-refractivity contribution < 1.29 is 23.1 Å². The number of aromatic nitrogens is 1. The van der Waals surface area contributed by atoms with Crippen LogP contribution in [-0.4, -0.2) is 25.0 Å². The van der Waals surface area contributed by atoms with Gasteiger partial charge in [0.15, 0.2) is 22.9 Å². The van der Waals surface area contributed by atoms with E-state index in [0.717, 1.165) is 0 Å². The van der Waals surface area contributed by atoms with Crippen LogP contribution < -0.4 is 9.47 Å². The summed E-state index contributed by atoms with van der Waals surface area (Å²) in [5.41, 5.74) is 1.85. The number of ether oxygens (including phenoxy) is 2. The quantitative estimate of drug-likeness (QED) is 0.318. The van der Waals surface area contributed by atoms with E-state index >= 15 is 0 Å². The van der Waals surface area contributed by atoms with Crippen molar-refractivity contribution >= 4 is 28.5 Å². The van der Waals surface area contributed by atoms with E-state index in [4.69, 9.17) is 13.9 Å². The fraction of sp³-hybridized carbons (Fsp3) is 0.0833. The minimum Gasteiger partial charge on any atom is -0.493 e. The van der Waals surface area contributed by atoms with Crippen LogP contribution in [0.25, 0.3) is 22.7 Å². The molecule has 30 heavy (non-hydrogen) atoms. The summed E-state index contributed by atoms with van der Waals surface area (Å²) in [4.78, 5) is 17.8. The molecule has 0 spiro atoms. The number of para-hydroxylation sites is 2. The molecule has 0 N–H and O–H groups in total. The molecule has 1 aromatic heterocycles. The molecule has 3 aromatic carbocycles. The van der Waals surface area contributed by atoms with Crippen LogP contribution in [0.4, 0.5) is 4.39 Å². The highest BCUT2D eigenvalue weighted by atomic mass is 19.1. The maximum atomic E-state index is 14.3. The van der Waals surface area contributed by atoms with Crippen LogP contribution in [0.3, 0.4) is 0 Å². The van der Waals surface area contributed by atoms with Crippen LogP contribution in [0.2, 0.25) is 0 Å². The summed E-state index contributed by atoms with van der Waals surface area (Å²) in [5, 5.41) is 0. The molecule has 0 atom stereocenters. The molecule has 4 rings (SSSR count). The average molecular weight is 403 g/mol. The molecule has 1 heterocycles. The van der Waals surface area contributed by atoms with E-state index in [0.29, 0.717) is 28.2 Å². The van der Waals surface area contributed by atoms with Gasteiger partial charge in [0.05, 0.1) is 19.8 Å². The van der Waals surface area contributed by atoms with E-state index in [1.165, 1.54) is 26.4 Å². The van der Waals surface area contributed by atoms with Gasteiger partial charge in [0.1, 0.15) is 11.3 Å². The number of carbonyl (C=O) groups is 1. The summed E-state index contributed by atoms with van der Waals surface area (Å²) >= 11 is 0. The zero-order valence-electron chi connectivity index (χ0n) is 16.4. The van der Waals surface area contributed by atoms with Crippen molar-refractivity contribution in [1.82, 2.24) is 4.98 Å². The van der Waals surface area contributed by atoms with Crippen molar-refractivity contribution in [1.29, 1.82) is 0 Å². The zero-order valence-corrected chi connectivity index (χ0v) is 16.4. The molecule has 5 nitrogen and oxygen atoms in total. The van der Waals surface area contributed by atoms with Crippen molar-refractivity contribution in [2.75, 3.05) is 14.2 Å². The Hall–Kier alpha value is -3.93. The monoisotopic (exact) mass is 403 g/mol. The van der Waals surface area contributed by atoms with E-state index in [1.807, 2.05) is 12.1 Å². The topological polar surface area (TPSA) is 61.6 Å². The smallest absolute Gasteiger partial charge is 0.231 e. The Labute approximate surface area is 172 Å². The molecular formula is C24H18FNO4. The maximum absolute atomic E-state index is 14.3. The Morgan fingerprint density at radius 2 is 1.70 bits per heavy atom. The largest absolute Gasteiger partial charge is 0.493 e. The number of methoxy groups -OCH3 is 2. The number of hydrogen-bond acceptors (Lipinski definition) is 5. The molecule has 0 unspecified atom stereocenters. The fourth-order valence-electron chi connectivity index (χ4n) is 3.09. The highest BCUT2D eigenvalue weighted by Gasteiger charge is 2.22. The van der Waals surface area contributed by atoms with Crippen molar-refractivity contribution in [3.05, 3.63) is 89.6 Å². The van der Waals surface area contributed by atoms with Crippen molar-refractivity contribution in [2.24, 2.45) is 0 Å². The maximum Gasteiger partial charge on any atom is 0.231 e. The molecule has 0 bridgehead atoms. The van der Waals surface area contributed by atoms with E-state index in [9.17, 15) is 9.18 Å².